The molecule has 1 aliphatic carbocycles. The van der Waals surface area contributed by atoms with Crippen molar-refractivity contribution in [2.24, 2.45) is 0 Å². The molecule has 0 spiro atoms. The van der Waals surface area contributed by atoms with E-state index in [1.807, 2.05) is 17.0 Å². The van der Waals surface area contributed by atoms with Crippen molar-refractivity contribution in [3.05, 3.63) is 24.3 Å². The van der Waals surface area contributed by atoms with Gasteiger partial charge >= 0.3 is 12.1 Å². The summed E-state index contributed by atoms with van der Waals surface area (Å²) < 4.78 is 0. The number of hydrogen-bond donors (Lipinski definition) is 3. The Kier molecular flexibility index (Phi) is 7.54. The fourth-order valence-electron chi connectivity index (χ4n) is 5.00. The Morgan fingerprint density at radius 3 is 1.94 bits per heavy atom. The topological polar surface area (TPSA) is 76.7 Å². The lowest BCUT2D eigenvalue weighted by molar-refractivity contribution is 0.186. The summed E-state index contributed by atoms with van der Waals surface area (Å²) in [5.74, 6) is 0. The first-order valence-corrected chi connectivity index (χ1v) is 12.2. The van der Waals surface area contributed by atoms with Gasteiger partial charge in [0, 0.05) is 49.6 Å². The van der Waals surface area contributed by atoms with E-state index in [2.05, 4.69) is 33.0 Å². The highest BCUT2D eigenvalue weighted by molar-refractivity contribution is 5.89. The van der Waals surface area contributed by atoms with Crippen molar-refractivity contribution in [1.82, 2.24) is 15.5 Å². The number of carbonyl (C=O) groups is 2. The highest BCUT2D eigenvalue weighted by Gasteiger charge is 2.25. The van der Waals surface area contributed by atoms with Crippen LogP contribution in [0.5, 0.6) is 0 Å². The molecule has 2 saturated heterocycles. The zero-order valence-electron chi connectivity index (χ0n) is 18.6. The Labute approximate surface area is 185 Å². The van der Waals surface area contributed by atoms with E-state index in [9.17, 15) is 9.59 Å². The fraction of sp³-hybridized carbons (Fsp3) is 0.667. The molecule has 4 amide bonds. The molecule has 1 aromatic carbocycles. The quantitative estimate of drug-likeness (QED) is 0.670. The zero-order valence-corrected chi connectivity index (χ0v) is 18.6. The standard InChI is InChI=1S/C24H37N5O2/c30-23(25-19-7-3-1-4-8-19)26-21-13-17-29(18-14-21)24(31)27-20-9-11-22(12-10-20)28-15-5-2-6-16-28/h9-12,19,21H,1-8,13-18H2,(H,27,31)(H2,25,26,30). The average Bonchev–Trinajstić information content (AvgIpc) is 2.81. The SMILES string of the molecule is O=C(NC1CCCCC1)NC1CCN(C(=O)Nc2ccc(N3CCCCC3)cc2)CC1. The van der Waals surface area contributed by atoms with Crippen LogP contribution in [-0.4, -0.2) is 55.2 Å². The Morgan fingerprint density at radius 1 is 0.710 bits per heavy atom. The second-order valence-electron chi connectivity index (χ2n) is 9.24. The van der Waals surface area contributed by atoms with Gasteiger partial charge in [0.2, 0.25) is 0 Å². The van der Waals surface area contributed by atoms with Crippen molar-refractivity contribution >= 4 is 23.4 Å². The van der Waals surface area contributed by atoms with Crippen molar-refractivity contribution in [2.45, 2.75) is 76.3 Å². The Hall–Kier alpha value is -2.44. The van der Waals surface area contributed by atoms with Crippen LogP contribution in [0.3, 0.4) is 0 Å². The van der Waals surface area contributed by atoms with Gasteiger partial charge in [-0.1, -0.05) is 19.3 Å². The largest absolute Gasteiger partial charge is 0.372 e. The van der Waals surface area contributed by atoms with E-state index in [0.29, 0.717) is 19.1 Å². The molecule has 3 N–H and O–H groups in total. The molecule has 3 fully saturated rings. The maximum atomic E-state index is 12.7. The van der Waals surface area contributed by atoms with Crippen LogP contribution in [0.4, 0.5) is 21.0 Å². The summed E-state index contributed by atoms with van der Waals surface area (Å²) in [4.78, 5) is 29.2. The third-order valence-electron chi connectivity index (χ3n) is 6.90. The lowest BCUT2D eigenvalue weighted by atomic mass is 9.96. The first kappa shape index (κ1) is 21.8. The molecule has 0 radical (unpaired) electrons. The highest BCUT2D eigenvalue weighted by atomic mass is 16.2. The molecule has 1 aromatic rings. The van der Waals surface area contributed by atoms with Crippen LogP contribution < -0.4 is 20.9 Å². The summed E-state index contributed by atoms with van der Waals surface area (Å²) in [5.41, 5.74) is 2.06. The fourth-order valence-corrected chi connectivity index (χ4v) is 5.00. The van der Waals surface area contributed by atoms with Gasteiger partial charge in [-0.05, 0) is 69.2 Å². The first-order valence-electron chi connectivity index (χ1n) is 12.2. The molecule has 170 valence electrons. The van der Waals surface area contributed by atoms with Crippen LogP contribution in [0.1, 0.15) is 64.2 Å². The van der Waals surface area contributed by atoms with Gasteiger partial charge in [-0.25, -0.2) is 9.59 Å². The van der Waals surface area contributed by atoms with Gasteiger partial charge in [0.25, 0.3) is 0 Å². The summed E-state index contributed by atoms with van der Waals surface area (Å²) in [6, 6.07) is 8.53. The maximum absolute atomic E-state index is 12.7. The number of anilines is 2. The van der Waals surface area contributed by atoms with Gasteiger partial charge in [0.05, 0.1) is 0 Å². The van der Waals surface area contributed by atoms with E-state index in [-0.39, 0.29) is 18.1 Å². The zero-order chi connectivity index (χ0) is 21.5. The number of piperidine rings is 2. The monoisotopic (exact) mass is 427 g/mol. The summed E-state index contributed by atoms with van der Waals surface area (Å²) in [6.07, 6.45) is 11.3. The first-order chi connectivity index (χ1) is 15.2. The minimum atomic E-state index is -0.0594. The molecule has 0 bridgehead atoms. The van der Waals surface area contributed by atoms with Crippen molar-refractivity contribution in [3.8, 4) is 0 Å². The number of likely N-dealkylation sites (tertiary alicyclic amines) is 1. The number of carbonyl (C=O) groups excluding carboxylic acids is 2. The summed E-state index contributed by atoms with van der Waals surface area (Å²) in [6.45, 7) is 3.55. The second kappa shape index (κ2) is 10.7. The molecule has 31 heavy (non-hydrogen) atoms. The van der Waals surface area contributed by atoms with E-state index in [0.717, 1.165) is 44.5 Å². The van der Waals surface area contributed by atoms with Gasteiger partial charge in [-0.15, -0.1) is 0 Å². The van der Waals surface area contributed by atoms with E-state index < -0.39 is 0 Å². The number of benzene rings is 1. The molecule has 2 aliphatic heterocycles. The lowest BCUT2D eigenvalue weighted by Crippen LogP contribution is -2.51. The molecule has 7 heteroatoms. The molecule has 0 aromatic heterocycles. The van der Waals surface area contributed by atoms with Crippen LogP contribution >= 0.6 is 0 Å². The molecular formula is C24H37N5O2. The van der Waals surface area contributed by atoms with E-state index >= 15 is 0 Å². The number of amides is 4. The van der Waals surface area contributed by atoms with Crippen LogP contribution in [-0.2, 0) is 0 Å². The van der Waals surface area contributed by atoms with E-state index in [4.69, 9.17) is 0 Å². The molecule has 4 rings (SSSR count). The minimum absolute atomic E-state index is 0.0522. The van der Waals surface area contributed by atoms with Crippen LogP contribution in [0.15, 0.2) is 24.3 Å². The Bertz CT molecular complexity index is 718. The molecule has 0 atom stereocenters. The number of nitrogens with one attached hydrogen (secondary N) is 3. The minimum Gasteiger partial charge on any atom is -0.372 e. The van der Waals surface area contributed by atoms with Gasteiger partial charge in [-0.3, -0.25) is 0 Å². The van der Waals surface area contributed by atoms with Gasteiger partial charge in [0.1, 0.15) is 0 Å². The van der Waals surface area contributed by atoms with Crippen LogP contribution in [0, 0.1) is 0 Å². The second-order valence-corrected chi connectivity index (χ2v) is 9.24. The number of hydrogen-bond acceptors (Lipinski definition) is 3. The van der Waals surface area contributed by atoms with E-state index in [1.165, 1.54) is 44.2 Å². The third kappa shape index (κ3) is 6.28. The predicted molar refractivity (Wildman–Crippen MR) is 125 cm³/mol. The smallest absolute Gasteiger partial charge is 0.321 e. The molecular weight excluding hydrogens is 390 g/mol. The highest BCUT2D eigenvalue weighted by Crippen LogP contribution is 2.22. The normalized spacial score (nSPS) is 20.9. The Balaban J connectivity index is 1.18. The maximum Gasteiger partial charge on any atom is 0.321 e. The van der Waals surface area contributed by atoms with Crippen molar-refractivity contribution in [1.29, 1.82) is 0 Å². The number of rotatable bonds is 4. The van der Waals surface area contributed by atoms with Crippen LogP contribution in [0.25, 0.3) is 0 Å². The lowest BCUT2D eigenvalue weighted by Gasteiger charge is -2.33. The third-order valence-corrected chi connectivity index (χ3v) is 6.90. The molecule has 7 nitrogen and oxygen atoms in total. The Morgan fingerprint density at radius 2 is 1.29 bits per heavy atom. The van der Waals surface area contributed by atoms with E-state index in [1.54, 1.807) is 0 Å². The molecule has 3 aliphatic rings. The van der Waals surface area contributed by atoms with Crippen molar-refractivity contribution in [3.63, 3.8) is 0 Å². The number of urea groups is 2. The summed E-state index contributed by atoms with van der Waals surface area (Å²) >= 11 is 0. The molecule has 0 unspecified atom stereocenters. The van der Waals surface area contributed by atoms with Gasteiger partial charge in [0.15, 0.2) is 0 Å². The summed E-state index contributed by atoms with van der Waals surface area (Å²) in [7, 11) is 0. The van der Waals surface area contributed by atoms with Crippen LogP contribution in [0.2, 0.25) is 0 Å². The van der Waals surface area contributed by atoms with Gasteiger partial charge in [-0.2, -0.15) is 0 Å². The predicted octanol–water partition coefficient (Wildman–Crippen LogP) is 4.31. The van der Waals surface area contributed by atoms with Crippen molar-refractivity contribution in [2.75, 3.05) is 36.4 Å². The van der Waals surface area contributed by atoms with Crippen molar-refractivity contribution < 1.29 is 9.59 Å². The molecule has 1 saturated carbocycles. The average molecular weight is 428 g/mol. The summed E-state index contributed by atoms with van der Waals surface area (Å²) in [5, 5.41) is 9.23. The number of nitrogens with zero attached hydrogens (tertiary/aromatic N) is 2. The molecule has 2 heterocycles. The van der Waals surface area contributed by atoms with Gasteiger partial charge < -0.3 is 25.8 Å².